The third-order valence-corrected chi connectivity index (χ3v) is 4.32. The Kier molecular flexibility index (Phi) is 22.0. The van der Waals surface area contributed by atoms with E-state index in [0.717, 1.165) is 64.2 Å². The zero-order valence-corrected chi connectivity index (χ0v) is 19.6. The predicted octanol–water partition coefficient (Wildman–Crippen LogP) is 7.66. The highest BCUT2D eigenvalue weighted by Crippen LogP contribution is 2.10. The van der Waals surface area contributed by atoms with Gasteiger partial charge in [-0.05, 0) is 71.1 Å². The van der Waals surface area contributed by atoms with Gasteiger partial charge in [0.2, 0.25) is 0 Å². The number of rotatable bonds is 19. The molecule has 0 saturated heterocycles. The summed E-state index contributed by atoms with van der Waals surface area (Å²) in [4.78, 5) is 11.9. The topological polar surface area (TPSA) is 35.5 Å². The summed E-state index contributed by atoms with van der Waals surface area (Å²) in [7, 11) is 0. The molecule has 0 aliphatic heterocycles. The van der Waals surface area contributed by atoms with Crippen molar-refractivity contribution in [3.63, 3.8) is 0 Å². The first-order valence-corrected chi connectivity index (χ1v) is 11.8. The summed E-state index contributed by atoms with van der Waals surface area (Å²) in [6, 6.07) is 0. The van der Waals surface area contributed by atoms with Gasteiger partial charge in [0.25, 0.3) is 0 Å². The van der Waals surface area contributed by atoms with Crippen molar-refractivity contribution in [1.82, 2.24) is 0 Å². The Morgan fingerprint density at radius 1 is 0.733 bits per heavy atom. The number of ether oxygens (including phenoxy) is 2. The van der Waals surface area contributed by atoms with Crippen molar-refractivity contribution in [3.05, 3.63) is 60.8 Å². The molecule has 0 heterocycles. The van der Waals surface area contributed by atoms with E-state index < -0.39 is 6.10 Å². The first-order valence-electron chi connectivity index (χ1n) is 11.8. The lowest BCUT2D eigenvalue weighted by molar-refractivity contribution is -0.157. The molecule has 0 aromatic heterocycles. The molecule has 0 saturated carbocycles. The van der Waals surface area contributed by atoms with Crippen LogP contribution >= 0.6 is 0 Å². The van der Waals surface area contributed by atoms with E-state index in [-0.39, 0.29) is 5.97 Å². The molecule has 0 N–H and O–H groups in total. The van der Waals surface area contributed by atoms with E-state index in [1.807, 2.05) is 13.8 Å². The van der Waals surface area contributed by atoms with Crippen molar-refractivity contribution in [1.29, 1.82) is 0 Å². The summed E-state index contributed by atoms with van der Waals surface area (Å²) in [5.74, 6) is -0.221. The van der Waals surface area contributed by atoms with Gasteiger partial charge in [0.1, 0.15) is 0 Å². The van der Waals surface area contributed by atoms with E-state index in [1.165, 1.54) is 0 Å². The Morgan fingerprint density at radius 3 is 1.77 bits per heavy atom. The second kappa shape index (κ2) is 23.4. The van der Waals surface area contributed by atoms with Crippen LogP contribution in [0, 0.1) is 0 Å². The average molecular weight is 417 g/mol. The van der Waals surface area contributed by atoms with Gasteiger partial charge in [0.15, 0.2) is 6.10 Å². The molecule has 0 aliphatic carbocycles. The summed E-state index contributed by atoms with van der Waals surface area (Å²) in [6.07, 6.45) is 31.6. The Labute approximate surface area is 185 Å². The van der Waals surface area contributed by atoms with Crippen molar-refractivity contribution in [2.24, 2.45) is 0 Å². The summed E-state index contributed by atoms with van der Waals surface area (Å²) in [6.45, 7) is 7.05. The standard InChI is InChI=1S/C27H44O3/c1-4-7-8-9-10-11-12-13-14-15-16-17-18-19-20-21-22-23-24-26(30-25-5-2)27(28)29-6-3/h7-8,10-11,13-14,16-17,19-20,26H,4-6,9,12,15,18,21-25H2,1-3H3/b8-7-,11-10-,14-13-,17-16-,20-19-. The molecule has 1 unspecified atom stereocenters. The summed E-state index contributed by atoms with van der Waals surface area (Å²) in [5.41, 5.74) is 0. The number of hydrogen-bond acceptors (Lipinski definition) is 3. The van der Waals surface area contributed by atoms with E-state index in [2.05, 4.69) is 67.7 Å². The number of hydrogen-bond donors (Lipinski definition) is 0. The van der Waals surface area contributed by atoms with Gasteiger partial charge in [0, 0.05) is 6.61 Å². The van der Waals surface area contributed by atoms with Crippen molar-refractivity contribution < 1.29 is 14.3 Å². The minimum absolute atomic E-state index is 0.221. The van der Waals surface area contributed by atoms with Gasteiger partial charge in [-0.25, -0.2) is 4.79 Å². The van der Waals surface area contributed by atoms with E-state index in [9.17, 15) is 4.79 Å². The van der Waals surface area contributed by atoms with Crippen LogP contribution in [0.2, 0.25) is 0 Å². The van der Waals surface area contributed by atoms with Gasteiger partial charge in [0.05, 0.1) is 6.61 Å². The molecule has 1 atom stereocenters. The van der Waals surface area contributed by atoms with Crippen LogP contribution in [0.1, 0.15) is 85.0 Å². The second-order valence-electron chi connectivity index (χ2n) is 7.10. The maximum Gasteiger partial charge on any atom is 0.335 e. The first-order chi connectivity index (χ1) is 14.8. The van der Waals surface area contributed by atoms with E-state index in [4.69, 9.17) is 9.47 Å². The molecule has 0 amide bonds. The van der Waals surface area contributed by atoms with Crippen LogP contribution in [0.25, 0.3) is 0 Å². The molecular weight excluding hydrogens is 372 g/mol. The van der Waals surface area contributed by atoms with Gasteiger partial charge >= 0.3 is 5.97 Å². The largest absolute Gasteiger partial charge is 0.464 e. The monoisotopic (exact) mass is 416 g/mol. The van der Waals surface area contributed by atoms with Gasteiger partial charge in [-0.3, -0.25) is 0 Å². The lowest BCUT2D eigenvalue weighted by Gasteiger charge is -2.15. The maximum atomic E-state index is 11.9. The molecule has 0 spiro atoms. The maximum absolute atomic E-state index is 11.9. The van der Waals surface area contributed by atoms with Crippen LogP contribution in [0.4, 0.5) is 0 Å². The highest BCUT2D eigenvalue weighted by Gasteiger charge is 2.19. The van der Waals surface area contributed by atoms with Crippen molar-refractivity contribution in [2.45, 2.75) is 91.1 Å². The molecule has 3 nitrogen and oxygen atoms in total. The van der Waals surface area contributed by atoms with Crippen LogP contribution in [-0.4, -0.2) is 25.3 Å². The van der Waals surface area contributed by atoms with Crippen LogP contribution in [0.5, 0.6) is 0 Å². The zero-order chi connectivity index (χ0) is 22.1. The lowest BCUT2D eigenvalue weighted by atomic mass is 10.1. The van der Waals surface area contributed by atoms with Crippen molar-refractivity contribution in [3.8, 4) is 0 Å². The van der Waals surface area contributed by atoms with Crippen LogP contribution < -0.4 is 0 Å². The fourth-order valence-electron chi connectivity index (χ4n) is 2.73. The minimum atomic E-state index is -0.404. The van der Waals surface area contributed by atoms with E-state index >= 15 is 0 Å². The molecule has 0 radical (unpaired) electrons. The smallest absolute Gasteiger partial charge is 0.335 e. The third-order valence-electron chi connectivity index (χ3n) is 4.32. The quantitative estimate of drug-likeness (QED) is 0.123. The van der Waals surface area contributed by atoms with Gasteiger partial charge in [-0.2, -0.15) is 0 Å². The SMILES string of the molecule is CC/C=C\C/C=C\C/C=C\C/C=C\C/C=C\CCCCC(OCCC)C(=O)OCC. The molecular formula is C27H44O3. The summed E-state index contributed by atoms with van der Waals surface area (Å²) in [5, 5.41) is 0. The number of carbonyl (C=O) groups is 1. The van der Waals surface area contributed by atoms with E-state index in [1.54, 1.807) is 0 Å². The van der Waals surface area contributed by atoms with Gasteiger partial charge in [-0.1, -0.05) is 74.6 Å². The van der Waals surface area contributed by atoms with Crippen LogP contribution in [0.3, 0.4) is 0 Å². The summed E-state index contributed by atoms with van der Waals surface area (Å²) >= 11 is 0. The normalized spacial score (nSPS) is 13.6. The second-order valence-corrected chi connectivity index (χ2v) is 7.10. The predicted molar refractivity (Wildman–Crippen MR) is 130 cm³/mol. The molecule has 0 fully saturated rings. The van der Waals surface area contributed by atoms with Gasteiger partial charge in [-0.15, -0.1) is 0 Å². The van der Waals surface area contributed by atoms with Crippen LogP contribution in [-0.2, 0) is 14.3 Å². The van der Waals surface area contributed by atoms with Crippen molar-refractivity contribution >= 4 is 5.97 Å². The minimum Gasteiger partial charge on any atom is -0.464 e. The van der Waals surface area contributed by atoms with Crippen LogP contribution in [0.15, 0.2) is 60.8 Å². The molecule has 0 aliphatic rings. The van der Waals surface area contributed by atoms with E-state index in [0.29, 0.717) is 13.2 Å². The number of carbonyl (C=O) groups excluding carboxylic acids is 1. The molecule has 170 valence electrons. The Balaban J connectivity index is 3.74. The average Bonchev–Trinajstić information content (AvgIpc) is 2.75. The molecule has 0 aromatic carbocycles. The lowest BCUT2D eigenvalue weighted by Crippen LogP contribution is -2.27. The number of allylic oxidation sites excluding steroid dienone is 10. The van der Waals surface area contributed by atoms with Crippen molar-refractivity contribution in [2.75, 3.05) is 13.2 Å². The molecule has 0 rings (SSSR count). The number of unbranched alkanes of at least 4 members (excludes halogenated alkanes) is 2. The highest BCUT2D eigenvalue weighted by atomic mass is 16.6. The first kappa shape index (κ1) is 28.1. The third kappa shape index (κ3) is 19.4. The Bertz CT molecular complexity index is 526. The fraction of sp³-hybridized carbons (Fsp3) is 0.593. The molecule has 3 heteroatoms. The zero-order valence-electron chi connectivity index (χ0n) is 19.6. The summed E-state index contributed by atoms with van der Waals surface area (Å²) < 4.78 is 10.7. The Morgan fingerprint density at radius 2 is 1.27 bits per heavy atom. The fourth-order valence-corrected chi connectivity index (χ4v) is 2.73. The molecule has 0 aromatic rings. The van der Waals surface area contributed by atoms with Gasteiger partial charge < -0.3 is 9.47 Å². The highest BCUT2D eigenvalue weighted by molar-refractivity contribution is 5.74. The molecule has 30 heavy (non-hydrogen) atoms. The number of esters is 1. The molecule has 0 bridgehead atoms. The Hall–Kier alpha value is -1.87.